The quantitative estimate of drug-likeness (QED) is 0.856. The Kier molecular flexibility index (Phi) is 4.45. The summed E-state index contributed by atoms with van der Waals surface area (Å²) < 4.78 is 2.38. The summed E-state index contributed by atoms with van der Waals surface area (Å²) in [5.74, 6) is 1.80. The second kappa shape index (κ2) is 6.23. The van der Waals surface area contributed by atoms with Crippen LogP contribution >= 0.6 is 0 Å². The highest BCUT2D eigenvalue weighted by atomic mass is 15.2. The Morgan fingerprint density at radius 2 is 1.91 bits per heavy atom. The molecule has 0 spiro atoms. The zero-order valence-electron chi connectivity index (χ0n) is 15.2. The van der Waals surface area contributed by atoms with Crippen molar-refractivity contribution in [2.24, 2.45) is 5.41 Å². The van der Waals surface area contributed by atoms with Crippen LogP contribution in [0.5, 0.6) is 0 Å². The lowest BCUT2D eigenvalue weighted by atomic mass is 9.93. The maximum atomic E-state index is 4.97. The molecule has 0 bridgehead atoms. The Bertz CT molecular complexity index is 658. The number of nitrogens with zero attached hydrogens (tertiary/aromatic N) is 4. The first-order valence-electron chi connectivity index (χ1n) is 8.90. The topological polar surface area (TPSA) is 34.0 Å². The van der Waals surface area contributed by atoms with Gasteiger partial charge < -0.3 is 9.47 Å². The fourth-order valence-electron chi connectivity index (χ4n) is 3.59. The summed E-state index contributed by atoms with van der Waals surface area (Å²) >= 11 is 0. The van der Waals surface area contributed by atoms with Gasteiger partial charge in [-0.05, 0) is 57.3 Å². The van der Waals surface area contributed by atoms with Crippen molar-refractivity contribution in [3.05, 3.63) is 24.2 Å². The summed E-state index contributed by atoms with van der Waals surface area (Å²) in [7, 11) is 0. The van der Waals surface area contributed by atoms with Crippen LogP contribution in [-0.4, -0.2) is 38.6 Å². The fourth-order valence-corrected chi connectivity index (χ4v) is 3.59. The predicted octanol–water partition coefficient (Wildman–Crippen LogP) is 4.07. The zero-order chi connectivity index (χ0) is 16.6. The van der Waals surface area contributed by atoms with Gasteiger partial charge in [-0.25, -0.2) is 9.97 Å². The molecule has 3 heterocycles. The molecule has 4 nitrogen and oxygen atoms in total. The van der Waals surface area contributed by atoms with E-state index in [1.54, 1.807) is 0 Å². The van der Waals surface area contributed by atoms with Gasteiger partial charge in [0.15, 0.2) is 5.65 Å². The maximum Gasteiger partial charge on any atom is 0.160 e. The van der Waals surface area contributed by atoms with Crippen LogP contribution in [0.1, 0.15) is 59.2 Å². The standard InChI is InChI=1S/C19H30N4/c1-14(2)22-11-8-15(9-12-22)17-21-16-7-6-10-20-18(16)23(17)13-19(3,4)5/h6-7,10,14-15H,8-9,11-13H2,1-5H3. The van der Waals surface area contributed by atoms with Gasteiger partial charge in [-0.15, -0.1) is 0 Å². The number of imidazole rings is 1. The van der Waals surface area contributed by atoms with Crippen molar-refractivity contribution in [1.82, 2.24) is 19.4 Å². The SMILES string of the molecule is CC(C)N1CCC(c2nc3cccnc3n2CC(C)(C)C)CC1. The molecule has 1 fully saturated rings. The molecule has 2 aromatic rings. The summed E-state index contributed by atoms with van der Waals surface area (Å²) in [5, 5.41) is 0. The van der Waals surface area contributed by atoms with Gasteiger partial charge in [0.1, 0.15) is 11.3 Å². The Labute approximate surface area is 139 Å². The lowest BCUT2D eigenvalue weighted by molar-refractivity contribution is 0.167. The molecule has 4 heteroatoms. The van der Waals surface area contributed by atoms with Crippen molar-refractivity contribution in [2.75, 3.05) is 13.1 Å². The molecule has 1 aliphatic heterocycles. The average Bonchev–Trinajstić information content (AvgIpc) is 2.84. The number of piperidine rings is 1. The zero-order valence-corrected chi connectivity index (χ0v) is 15.2. The monoisotopic (exact) mass is 314 g/mol. The average molecular weight is 314 g/mol. The van der Waals surface area contributed by atoms with E-state index in [9.17, 15) is 0 Å². The van der Waals surface area contributed by atoms with E-state index in [1.807, 2.05) is 12.3 Å². The molecule has 0 amide bonds. The second-order valence-corrected chi connectivity index (χ2v) is 8.37. The van der Waals surface area contributed by atoms with E-state index in [1.165, 1.54) is 31.8 Å². The van der Waals surface area contributed by atoms with E-state index in [2.05, 4.69) is 55.1 Å². The molecular weight excluding hydrogens is 284 g/mol. The molecule has 3 rings (SSSR count). The molecule has 0 atom stereocenters. The lowest BCUT2D eigenvalue weighted by Gasteiger charge is -2.34. The molecular formula is C19H30N4. The van der Waals surface area contributed by atoms with E-state index >= 15 is 0 Å². The molecule has 0 N–H and O–H groups in total. The molecule has 23 heavy (non-hydrogen) atoms. The van der Waals surface area contributed by atoms with Crippen molar-refractivity contribution < 1.29 is 0 Å². The van der Waals surface area contributed by atoms with Crippen molar-refractivity contribution >= 4 is 11.2 Å². The molecule has 0 aliphatic carbocycles. The highest BCUT2D eigenvalue weighted by molar-refractivity contribution is 5.71. The Hall–Kier alpha value is -1.42. The van der Waals surface area contributed by atoms with Gasteiger partial charge in [0, 0.05) is 24.7 Å². The minimum Gasteiger partial charge on any atom is -0.312 e. The van der Waals surface area contributed by atoms with Gasteiger partial charge in [-0.3, -0.25) is 0 Å². The second-order valence-electron chi connectivity index (χ2n) is 8.37. The number of aromatic nitrogens is 3. The highest BCUT2D eigenvalue weighted by Gasteiger charge is 2.28. The smallest absolute Gasteiger partial charge is 0.160 e. The van der Waals surface area contributed by atoms with Crippen LogP contribution in [0.2, 0.25) is 0 Å². The first kappa shape index (κ1) is 16.4. The van der Waals surface area contributed by atoms with Crippen molar-refractivity contribution in [3.63, 3.8) is 0 Å². The van der Waals surface area contributed by atoms with E-state index in [0.717, 1.165) is 17.7 Å². The normalized spacial score (nSPS) is 18.2. The molecule has 2 aromatic heterocycles. The number of hydrogen-bond acceptors (Lipinski definition) is 3. The Morgan fingerprint density at radius 3 is 2.52 bits per heavy atom. The molecule has 0 radical (unpaired) electrons. The van der Waals surface area contributed by atoms with Gasteiger partial charge in [0.2, 0.25) is 0 Å². The molecule has 1 saturated heterocycles. The van der Waals surface area contributed by atoms with E-state index in [0.29, 0.717) is 12.0 Å². The van der Waals surface area contributed by atoms with Crippen molar-refractivity contribution in [3.8, 4) is 0 Å². The van der Waals surface area contributed by atoms with Crippen LogP contribution < -0.4 is 0 Å². The number of fused-ring (bicyclic) bond motifs is 1. The van der Waals surface area contributed by atoms with Gasteiger partial charge in [0.25, 0.3) is 0 Å². The first-order valence-corrected chi connectivity index (χ1v) is 8.90. The number of rotatable bonds is 3. The molecule has 126 valence electrons. The van der Waals surface area contributed by atoms with Gasteiger partial charge >= 0.3 is 0 Å². The van der Waals surface area contributed by atoms with Crippen LogP contribution in [0.3, 0.4) is 0 Å². The highest BCUT2D eigenvalue weighted by Crippen LogP contribution is 2.32. The summed E-state index contributed by atoms with van der Waals surface area (Å²) in [6, 6.07) is 4.72. The third kappa shape index (κ3) is 3.57. The van der Waals surface area contributed by atoms with Crippen LogP contribution in [0, 0.1) is 5.41 Å². The summed E-state index contributed by atoms with van der Waals surface area (Å²) in [6.45, 7) is 14.8. The third-order valence-corrected chi connectivity index (χ3v) is 4.79. The Balaban J connectivity index is 1.92. The van der Waals surface area contributed by atoms with E-state index < -0.39 is 0 Å². The van der Waals surface area contributed by atoms with Crippen molar-refractivity contribution in [1.29, 1.82) is 0 Å². The summed E-state index contributed by atoms with van der Waals surface area (Å²) in [4.78, 5) is 12.2. The number of pyridine rings is 1. The Morgan fingerprint density at radius 1 is 1.22 bits per heavy atom. The number of hydrogen-bond donors (Lipinski definition) is 0. The maximum absolute atomic E-state index is 4.97. The molecule has 0 aromatic carbocycles. The minimum absolute atomic E-state index is 0.221. The minimum atomic E-state index is 0.221. The molecule has 0 unspecified atom stereocenters. The first-order chi connectivity index (χ1) is 10.8. The summed E-state index contributed by atoms with van der Waals surface area (Å²) in [6.07, 6.45) is 4.28. The van der Waals surface area contributed by atoms with Crippen molar-refractivity contribution in [2.45, 2.75) is 66.0 Å². The predicted molar refractivity (Wildman–Crippen MR) is 95.7 cm³/mol. The van der Waals surface area contributed by atoms with Crippen LogP contribution in [0.25, 0.3) is 11.2 Å². The van der Waals surface area contributed by atoms with Crippen LogP contribution in [-0.2, 0) is 6.54 Å². The van der Waals surface area contributed by atoms with Gasteiger partial charge in [0.05, 0.1) is 0 Å². The largest absolute Gasteiger partial charge is 0.312 e. The van der Waals surface area contributed by atoms with E-state index in [4.69, 9.17) is 4.98 Å². The third-order valence-electron chi connectivity index (χ3n) is 4.79. The van der Waals surface area contributed by atoms with E-state index in [-0.39, 0.29) is 5.41 Å². The molecule has 1 aliphatic rings. The van der Waals surface area contributed by atoms with Gasteiger partial charge in [-0.1, -0.05) is 20.8 Å². The van der Waals surface area contributed by atoms with Crippen LogP contribution in [0.4, 0.5) is 0 Å². The molecule has 0 saturated carbocycles. The summed E-state index contributed by atoms with van der Waals surface area (Å²) in [5.41, 5.74) is 2.31. The number of likely N-dealkylation sites (tertiary alicyclic amines) is 1. The van der Waals surface area contributed by atoms with Gasteiger partial charge in [-0.2, -0.15) is 0 Å². The van der Waals surface area contributed by atoms with Crippen LogP contribution in [0.15, 0.2) is 18.3 Å². The fraction of sp³-hybridized carbons (Fsp3) is 0.684. The lowest BCUT2D eigenvalue weighted by Crippen LogP contribution is -2.38.